The van der Waals surface area contributed by atoms with Gasteiger partial charge in [0.15, 0.2) is 0 Å². The lowest BCUT2D eigenvalue weighted by atomic mass is 10.2. The van der Waals surface area contributed by atoms with Crippen LogP contribution in [0.15, 0.2) is 16.7 Å². The van der Waals surface area contributed by atoms with Crippen molar-refractivity contribution in [3.63, 3.8) is 0 Å². The van der Waals surface area contributed by atoms with Crippen molar-refractivity contribution >= 4 is 21.7 Å². The normalized spacial score (nSPS) is 10.9. The zero-order valence-corrected chi connectivity index (χ0v) is 12.6. The van der Waals surface area contributed by atoms with E-state index in [1.54, 1.807) is 7.11 Å². The molecule has 96 valence electrons. The van der Waals surface area contributed by atoms with Gasteiger partial charge in [-0.25, -0.2) is 4.98 Å². The maximum atomic E-state index is 5.15. The van der Waals surface area contributed by atoms with Gasteiger partial charge in [0.25, 0.3) is 0 Å². The molecule has 1 rings (SSSR count). The molecule has 1 heterocycles. The number of anilines is 1. The SMILES string of the molecule is COCCN(CC(C)C)c1ncc(C)cc1Br. The van der Waals surface area contributed by atoms with Crippen LogP contribution in [0, 0.1) is 12.8 Å². The lowest BCUT2D eigenvalue weighted by Crippen LogP contribution is -2.32. The highest BCUT2D eigenvalue weighted by Crippen LogP contribution is 2.25. The van der Waals surface area contributed by atoms with E-state index in [2.05, 4.69) is 45.7 Å². The van der Waals surface area contributed by atoms with Gasteiger partial charge in [0, 0.05) is 26.4 Å². The second kappa shape index (κ2) is 6.97. The highest BCUT2D eigenvalue weighted by molar-refractivity contribution is 9.10. The Morgan fingerprint density at radius 2 is 2.18 bits per heavy atom. The molecule has 3 nitrogen and oxygen atoms in total. The van der Waals surface area contributed by atoms with Crippen LogP contribution in [0.4, 0.5) is 5.82 Å². The van der Waals surface area contributed by atoms with E-state index >= 15 is 0 Å². The second-order valence-electron chi connectivity index (χ2n) is 4.65. The number of ether oxygens (including phenoxy) is 1. The van der Waals surface area contributed by atoms with E-state index in [0.29, 0.717) is 12.5 Å². The molecule has 4 heteroatoms. The summed E-state index contributed by atoms with van der Waals surface area (Å²) < 4.78 is 6.20. The maximum absolute atomic E-state index is 5.15. The van der Waals surface area contributed by atoms with Crippen molar-refractivity contribution in [2.24, 2.45) is 5.92 Å². The molecule has 0 amide bonds. The summed E-state index contributed by atoms with van der Waals surface area (Å²) in [5.74, 6) is 1.60. The van der Waals surface area contributed by atoms with Gasteiger partial charge in [0.1, 0.15) is 5.82 Å². The van der Waals surface area contributed by atoms with Crippen LogP contribution in [0.25, 0.3) is 0 Å². The molecule has 0 aliphatic carbocycles. The van der Waals surface area contributed by atoms with Crippen molar-refractivity contribution in [2.75, 3.05) is 31.7 Å². The largest absolute Gasteiger partial charge is 0.383 e. The molecule has 0 atom stereocenters. The third-order valence-electron chi connectivity index (χ3n) is 2.41. The first-order valence-corrected chi connectivity index (χ1v) is 6.70. The van der Waals surface area contributed by atoms with Crippen molar-refractivity contribution in [1.82, 2.24) is 4.98 Å². The molecule has 0 radical (unpaired) electrons. The van der Waals surface area contributed by atoms with E-state index < -0.39 is 0 Å². The van der Waals surface area contributed by atoms with Gasteiger partial charge in [-0.1, -0.05) is 13.8 Å². The Morgan fingerprint density at radius 1 is 1.47 bits per heavy atom. The molecule has 17 heavy (non-hydrogen) atoms. The van der Waals surface area contributed by atoms with Gasteiger partial charge < -0.3 is 9.64 Å². The standard InChI is InChI=1S/C13H21BrN2O/c1-10(2)9-16(5-6-17-4)13-12(14)7-11(3)8-15-13/h7-8,10H,5-6,9H2,1-4H3. The molecular weight excluding hydrogens is 280 g/mol. The summed E-state index contributed by atoms with van der Waals surface area (Å²) in [6, 6.07) is 2.10. The Balaban J connectivity index is 2.86. The Morgan fingerprint density at radius 3 is 2.71 bits per heavy atom. The zero-order chi connectivity index (χ0) is 12.8. The fourth-order valence-electron chi connectivity index (χ4n) is 1.68. The number of halogens is 1. The summed E-state index contributed by atoms with van der Waals surface area (Å²) in [4.78, 5) is 6.77. The minimum absolute atomic E-state index is 0.599. The minimum Gasteiger partial charge on any atom is -0.383 e. The molecule has 0 saturated heterocycles. The molecule has 0 saturated carbocycles. The lowest BCUT2D eigenvalue weighted by Gasteiger charge is -2.26. The van der Waals surface area contributed by atoms with Gasteiger partial charge in [-0.05, 0) is 40.4 Å². The fourth-order valence-corrected chi connectivity index (χ4v) is 2.40. The van der Waals surface area contributed by atoms with Crippen LogP contribution in [0.5, 0.6) is 0 Å². The van der Waals surface area contributed by atoms with Crippen molar-refractivity contribution in [2.45, 2.75) is 20.8 Å². The van der Waals surface area contributed by atoms with Gasteiger partial charge in [-0.15, -0.1) is 0 Å². The summed E-state index contributed by atoms with van der Waals surface area (Å²) in [5, 5.41) is 0. The Kier molecular flexibility index (Phi) is 5.92. The van der Waals surface area contributed by atoms with E-state index in [-0.39, 0.29) is 0 Å². The summed E-state index contributed by atoms with van der Waals surface area (Å²) in [5.41, 5.74) is 1.16. The summed E-state index contributed by atoms with van der Waals surface area (Å²) in [6.45, 7) is 9.03. The Bertz CT molecular complexity index is 355. The number of nitrogens with zero attached hydrogens (tertiary/aromatic N) is 2. The van der Waals surface area contributed by atoms with Gasteiger partial charge in [0.2, 0.25) is 0 Å². The molecule has 0 fully saturated rings. The van der Waals surface area contributed by atoms with Gasteiger partial charge in [-0.2, -0.15) is 0 Å². The van der Waals surface area contributed by atoms with E-state index in [9.17, 15) is 0 Å². The predicted octanol–water partition coefficient (Wildman–Crippen LogP) is 3.26. The average molecular weight is 301 g/mol. The molecular formula is C13H21BrN2O. The Hall–Kier alpha value is -0.610. The number of hydrogen-bond donors (Lipinski definition) is 0. The molecule has 1 aromatic rings. The van der Waals surface area contributed by atoms with Crippen molar-refractivity contribution in [1.29, 1.82) is 0 Å². The topological polar surface area (TPSA) is 25.4 Å². The third-order valence-corrected chi connectivity index (χ3v) is 2.99. The van der Waals surface area contributed by atoms with Crippen LogP contribution < -0.4 is 4.90 Å². The third kappa shape index (κ3) is 4.64. The predicted molar refractivity (Wildman–Crippen MR) is 75.6 cm³/mol. The first kappa shape index (κ1) is 14.5. The highest BCUT2D eigenvalue weighted by atomic mass is 79.9. The maximum Gasteiger partial charge on any atom is 0.142 e. The average Bonchev–Trinajstić information content (AvgIpc) is 2.24. The van der Waals surface area contributed by atoms with Crippen LogP contribution >= 0.6 is 15.9 Å². The monoisotopic (exact) mass is 300 g/mol. The van der Waals surface area contributed by atoms with Crippen molar-refractivity contribution in [3.05, 3.63) is 22.3 Å². The van der Waals surface area contributed by atoms with E-state index in [1.807, 2.05) is 13.1 Å². The molecule has 0 aromatic carbocycles. The quantitative estimate of drug-likeness (QED) is 0.806. The van der Waals surface area contributed by atoms with Crippen LogP contribution in [0.3, 0.4) is 0 Å². The molecule has 1 aromatic heterocycles. The van der Waals surface area contributed by atoms with Crippen LogP contribution in [0.1, 0.15) is 19.4 Å². The number of aromatic nitrogens is 1. The fraction of sp³-hybridized carbons (Fsp3) is 0.615. The molecule has 0 N–H and O–H groups in total. The van der Waals surface area contributed by atoms with E-state index in [1.165, 1.54) is 0 Å². The van der Waals surface area contributed by atoms with Gasteiger partial charge in [0.05, 0.1) is 11.1 Å². The first-order chi connectivity index (χ1) is 8.04. The summed E-state index contributed by atoms with van der Waals surface area (Å²) in [6.07, 6.45) is 1.90. The number of pyridine rings is 1. The number of methoxy groups -OCH3 is 1. The highest BCUT2D eigenvalue weighted by Gasteiger charge is 2.13. The molecule has 0 aliphatic rings. The first-order valence-electron chi connectivity index (χ1n) is 5.90. The van der Waals surface area contributed by atoms with Crippen LogP contribution in [0.2, 0.25) is 0 Å². The van der Waals surface area contributed by atoms with Crippen molar-refractivity contribution < 1.29 is 4.74 Å². The van der Waals surface area contributed by atoms with E-state index in [0.717, 1.165) is 28.9 Å². The Labute approximate surface area is 112 Å². The number of rotatable bonds is 6. The lowest BCUT2D eigenvalue weighted by molar-refractivity contribution is 0.204. The minimum atomic E-state index is 0.599. The van der Waals surface area contributed by atoms with Gasteiger partial charge in [-0.3, -0.25) is 0 Å². The van der Waals surface area contributed by atoms with Crippen LogP contribution in [-0.2, 0) is 4.74 Å². The van der Waals surface area contributed by atoms with E-state index in [4.69, 9.17) is 4.74 Å². The molecule has 0 unspecified atom stereocenters. The molecule has 0 spiro atoms. The second-order valence-corrected chi connectivity index (χ2v) is 5.51. The molecule has 0 aliphatic heterocycles. The zero-order valence-electron chi connectivity index (χ0n) is 11.0. The smallest absolute Gasteiger partial charge is 0.142 e. The number of hydrogen-bond acceptors (Lipinski definition) is 3. The summed E-state index contributed by atoms with van der Waals surface area (Å²) in [7, 11) is 1.73. The van der Waals surface area contributed by atoms with Crippen LogP contribution in [-0.4, -0.2) is 31.8 Å². The summed E-state index contributed by atoms with van der Waals surface area (Å²) >= 11 is 3.58. The number of aryl methyl sites for hydroxylation is 1. The molecule has 0 bridgehead atoms. The van der Waals surface area contributed by atoms with Gasteiger partial charge >= 0.3 is 0 Å². The van der Waals surface area contributed by atoms with Crippen molar-refractivity contribution in [3.8, 4) is 0 Å².